The fourth-order valence-electron chi connectivity index (χ4n) is 3.40. The number of methoxy groups -OCH3 is 2. The van der Waals surface area contributed by atoms with Crippen LogP contribution < -0.4 is 24.4 Å². The van der Waals surface area contributed by atoms with Crippen LogP contribution in [0.25, 0.3) is 0 Å². The highest BCUT2D eigenvalue weighted by Gasteiger charge is 2.15. The Balaban J connectivity index is 1.59. The number of piperidine rings is 1. The minimum absolute atomic E-state index is 0.135. The molecule has 1 saturated heterocycles. The molecular formula is C22H28N2O4. The molecule has 150 valence electrons. The van der Waals surface area contributed by atoms with Gasteiger partial charge in [-0.15, -0.1) is 0 Å². The summed E-state index contributed by atoms with van der Waals surface area (Å²) >= 11 is 0. The van der Waals surface area contributed by atoms with E-state index in [1.54, 1.807) is 14.2 Å². The second-order valence-corrected chi connectivity index (χ2v) is 6.93. The first-order valence-corrected chi connectivity index (χ1v) is 9.61. The van der Waals surface area contributed by atoms with Crippen LogP contribution >= 0.6 is 0 Å². The third kappa shape index (κ3) is 4.88. The minimum atomic E-state index is -0.240. The van der Waals surface area contributed by atoms with E-state index in [0.29, 0.717) is 17.2 Å². The highest BCUT2D eigenvalue weighted by atomic mass is 16.5. The van der Waals surface area contributed by atoms with Crippen LogP contribution in [0, 0.1) is 6.92 Å². The molecule has 0 unspecified atom stereocenters. The average molecular weight is 384 g/mol. The van der Waals surface area contributed by atoms with Crippen molar-refractivity contribution < 1.29 is 19.0 Å². The second-order valence-electron chi connectivity index (χ2n) is 6.93. The van der Waals surface area contributed by atoms with E-state index in [1.807, 2.05) is 43.3 Å². The number of nitrogens with zero attached hydrogens (tertiary/aromatic N) is 1. The van der Waals surface area contributed by atoms with Crippen LogP contribution in [-0.2, 0) is 4.79 Å². The lowest BCUT2D eigenvalue weighted by Crippen LogP contribution is -2.29. The summed E-state index contributed by atoms with van der Waals surface area (Å²) in [5.74, 6) is 1.26. The van der Waals surface area contributed by atoms with Gasteiger partial charge in [0.05, 0.1) is 14.2 Å². The summed E-state index contributed by atoms with van der Waals surface area (Å²) in [4.78, 5) is 14.7. The number of nitrogens with one attached hydrogen (secondary N) is 1. The maximum Gasteiger partial charge on any atom is 0.262 e. The first-order valence-electron chi connectivity index (χ1n) is 9.61. The predicted octanol–water partition coefficient (Wildman–Crippen LogP) is 4.02. The van der Waals surface area contributed by atoms with Crippen molar-refractivity contribution in [3.8, 4) is 17.2 Å². The van der Waals surface area contributed by atoms with Crippen LogP contribution in [0.5, 0.6) is 17.2 Å². The van der Waals surface area contributed by atoms with Crippen molar-refractivity contribution in [2.75, 3.05) is 44.1 Å². The summed E-state index contributed by atoms with van der Waals surface area (Å²) < 4.78 is 16.4. The topological polar surface area (TPSA) is 60.0 Å². The fourth-order valence-corrected chi connectivity index (χ4v) is 3.40. The van der Waals surface area contributed by atoms with Crippen LogP contribution in [0.3, 0.4) is 0 Å². The van der Waals surface area contributed by atoms with Gasteiger partial charge in [0.1, 0.15) is 0 Å². The molecule has 6 nitrogen and oxygen atoms in total. The van der Waals surface area contributed by atoms with Crippen molar-refractivity contribution in [1.29, 1.82) is 0 Å². The molecule has 1 amide bonds. The number of aryl methyl sites for hydroxylation is 1. The van der Waals surface area contributed by atoms with Crippen LogP contribution in [-0.4, -0.2) is 39.8 Å². The summed E-state index contributed by atoms with van der Waals surface area (Å²) in [7, 11) is 3.12. The Hall–Kier alpha value is -2.89. The largest absolute Gasteiger partial charge is 0.493 e. The predicted molar refractivity (Wildman–Crippen MR) is 111 cm³/mol. The van der Waals surface area contributed by atoms with E-state index in [0.717, 1.165) is 24.3 Å². The maximum absolute atomic E-state index is 12.3. The van der Waals surface area contributed by atoms with Gasteiger partial charge in [0.2, 0.25) is 5.75 Å². The summed E-state index contributed by atoms with van der Waals surface area (Å²) in [6, 6.07) is 11.6. The van der Waals surface area contributed by atoms with Gasteiger partial charge in [0, 0.05) is 24.5 Å². The quantitative estimate of drug-likeness (QED) is 0.781. The minimum Gasteiger partial charge on any atom is -0.493 e. The molecule has 28 heavy (non-hydrogen) atoms. The molecule has 1 fully saturated rings. The number of carbonyl (C=O) groups excluding carboxylic acids is 1. The number of carbonyl (C=O) groups is 1. The number of amides is 1. The molecule has 0 bridgehead atoms. The van der Waals surface area contributed by atoms with Crippen molar-refractivity contribution in [1.82, 2.24) is 0 Å². The third-order valence-corrected chi connectivity index (χ3v) is 4.82. The van der Waals surface area contributed by atoms with Crippen molar-refractivity contribution in [3.63, 3.8) is 0 Å². The zero-order valence-corrected chi connectivity index (χ0v) is 16.8. The van der Waals surface area contributed by atoms with Gasteiger partial charge in [-0.2, -0.15) is 0 Å². The van der Waals surface area contributed by atoms with Gasteiger partial charge in [-0.05, 0) is 68.1 Å². The molecule has 2 aromatic rings. The van der Waals surface area contributed by atoms with Gasteiger partial charge in [0.25, 0.3) is 5.91 Å². The first kappa shape index (κ1) is 19.9. The van der Waals surface area contributed by atoms with Crippen LogP contribution in [0.4, 0.5) is 11.4 Å². The smallest absolute Gasteiger partial charge is 0.262 e. The second kappa shape index (κ2) is 9.35. The normalized spacial score (nSPS) is 13.8. The lowest BCUT2D eigenvalue weighted by Gasteiger charge is -2.28. The van der Waals surface area contributed by atoms with Crippen LogP contribution in [0.2, 0.25) is 0 Å². The standard InChI is InChI=1S/C22H28N2O4/c1-16-13-19(26-2)22(20(14-16)27-3)28-15-21(25)23-17-7-9-18(10-8-17)24-11-5-4-6-12-24/h7-10,13-14H,4-6,11-12,15H2,1-3H3,(H,23,25). The molecule has 1 N–H and O–H groups in total. The highest BCUT2D eigenvalue weighted by molar-refractivity contribution is 5.92. The Labute approximate surface area is 166 Å². The molecule has 0 spiro atoms. The van der Waals surface area contributed by atoms with Gasteiger partial charge < -0.3 is 24.4 Å². The molecule has 3 rings (SSSR count). The lowest BCUT2D eigenvalue weighted by atomic mass is 10.1. The van der Waals surface area contributed by atoms with E-state index >= 15 is 0 Å². The van der Waals surface area contributed by atoms with E-state index in [4.69, 9.17) is 14.2 Å². The molecular weight excluding hydrogens is 356 g/mol. The number of rotatable bonds is 7. The molecule has 1 aliphatic heterocycles. The van der Waals surface area contributed by atoms with E-state index in [2.05, 4.69) is 10.2 Å². The Morgan fingerprint density at radius 3 is 2.18 bits per heavy atom. The number of hydrogen-bond acceptors (Lipinski definition) is 5. The molecule has 0 radical (unpaired) electrons. The number of anilines is 2. The molecule has 0 saturated carbocycles. The van der Waals surface area contributed by atoms with Gasteiger partial charge in [-0.1, -0.05) is 0 Å². The van der Waals surface area contributed by atoms with Crippen LogP contribution in [0.15, 0.2) is 36.4 Å². The number of hydrogen-bond donors (Lipinski definition) is 1. The van der Waals surface area contributed by atoms with Crippen molar-refractivity contribution in [2.24, 2.45) is 0 Å². The lowest BCUT2D eigenvalue weighted by molar-refractivity contribution is -0.118. The summed E-state index contributed by atoms with van der Waals surface area (Å²) in [6.45, 7) is 4.00. The average Bonchev–Trinajstić information content (AvgIpc) is 2.73. The highest BCUT2D eigenvalue weighted by Crippen LogP contribution is 2.38. The van der Waals surface area contributed by atoms with E-state index in [-0.39, 0.29) is 12.5 Å². The molecule has 1 aliphatic rings. The Kier molecular flexibility index (Phi) is 6.63. The van der Waals surface area contributed by atoms with Crippen molar-refractivity contribution in [2.45, 2.75) is 26.2 Å². The molecule has 1 heterocycles. The third-order valence-electron chi connectivity index (χ3n) is 4.82. The van der Waals surface area contributed by atoms with E-state index in [1.165, 1.54) is 24.9 Å². The number of benzene rings is 2. The first-order chi connectivity index (χ1) is 13.6. The van der Waals surface area contributed by atoms with Crippen molar-refractivity contribution in [3.05, 3.63) is 42.0 Å². The zero-order chi connectivity index (χ0) is 19.9. The van der Waals surface area contributed by atoms with Gasteiger partial charge in [-0.3, -0.25) is 4.79 Å². The monoisotopic (exact) mass is 384 g/mol. The van der Waals surface area contributed by atoms with Crippen LogP contribution in [0.1, 0.15) is 24.8 Å². The Bertz CT molecular complexity index is 774. The maximum atomic E-state index is 12.3. The fraction of sp³-hybridized carbons (Fsp3) is 0.409. The molecule has 0 atom stereocenters. The van der Waals surface area contributed by atoms with Crippen molar-refractivity contribution >= 4 is 17.3 Å². The van der Waals surface area contributed by atoms with Gasteiger partial charge >= 0.3 is 0 Å². The molecule has 0 aromatic heterocycles. The van der Waals surface area contributed by atoms with Gasteiger partial charge in [-0.25, -0.2) is 0 Å². The van der Waals surface area contributed by atoms with E-state index in [9.17, 15) is 4.79 Å². The molecule has 6 heteroatoms. The Morgan fingerprint density at radius 2 is 1.61 bits per heavy atom. The SMILES string of the molecule is COc1cc(C)cc(OC)c1OCC(=O)Nc1ccc(N2CCCCC2)cc1. The summed E-state index contributed by atoms with van der Waals surface area (Å²) in [5, 5.41) is 2.86. The summed E-state index contributed by atoms with van der Waals surface area (Å²) in [5.41, 5.74) is 2.93. The molecule has 2 aromatic carbocycles. The van der Waals surface area contributed by atoms with E-state index < -0.39 is 0 Å². The zero-order valence-electron chi connectivity index (χ0n) is 16.8. The summed E-state index contributed by atoms with van der Waals surface area (Å²) in [6.07, 6.45) is 3.78. The van der Waals surface area contributed by atoms with Gasteiger partial charge in [0.15, 0.2) is 18.1 Å². The molecule has 0 aliphatic carbocycles. The Morgan fingerprint density at radius 1 is 1.00 bits per heavy atom. The number of ether oxygens (including phenoxy) is 3.